The molecule has 0 saturated carbocycles. The van der Waals surface area contributed by atoms with Crippen molar-refractivity contribution in [2.75, 3.05) is 0 Å². The molecule has 0 radical (unpaired) electrons. The fraction of sp³-hybridized carbons (Fsp3) is 0. The van der Waals surface area contributed by atoms with Gasteiger partial charge in [0.25, 0.3) is 0 Å². The highest BCUT2D eigenvalue weighted by Crippen LogP contribution is 2.24. The van der Waals surface area contributed by atoms with Crippen LogP contribution in [0.5, 0.6) is 0 Å². The zero-order valence-corrected chi connectivity index (χ0v) is 14.7. The summed E-state index contributed by atoms with van der Waals surface area (Å²) in [5.74, 6) is -0.840. The molecule has 3 N–H and O–H groups in total. The van der Waals surface area contributed by atoms with E-state index in [1.807, 2.05) is 0 Å². The number of nitrogens with one attached hydrogen (secondary N) is 1. The van der Waals surface area contributed by atoms with Gasteiger partial charge in [-0.15, -0.1) is 0 Å². The van der Waals surface area contributed by atoms with E-state index in [-0.39, 0.29) is 11.5 Å². The predicted octanol–water partition coefficient (Wildman–Crippen LogP) is 3.72. The highest BCUT2D eigenvalue weighted by Gasteiger charge is 2.18. The zero-order valence-electron chi connectivity index (χ0n) is 10.0. The molecule has 6 nitrogen and oxygen atoms in total. The van der Waals surface area contributed by atoms with Crippen molar-refractivity contribution in [3.63, 3.8) is 0 Å². The van der Waals surface area contributed by atoms with Gasteiger partial charge in [0, 0.05) is 10.6 Å². The average Bonchev–Trinajstić information content (AvgIpc) is 2.76. The molecule has 0 aliphatic rings. The molecule has 0 aliphatic heterocycles. The molecule has 2 aromatic rings. The Morgan fingerprint density at radius 3 is 2.67 bits per heavy atom. The molecule has 21 heavy (non-hydrogen) atoms. The quantitative estimate of drug-likeness (QED) is 0.318. The predicted molar refractivity (Wildman–Crippen MR) is 86.6 cm³/mol. The molecule has 0 amide bonds. The lowest BCUT2D eigenvalue weighted by Gasteiger charge is -2.03. The van der Waals surface area contributed by atoms with Crippen LogP contribution in [-0.2, 0) is 4.84 Å². The molecule has 0 aliphatic carbocycles. The number of aromatic amines is 1. The summed E-state index contributed by atoms with van der Waals surface area (Å²) in [5.41, 5.74) is 6.14. The van der Waals surface area contributed by atoms with Crippen LogP contribution in [-0.4, -0.2) is 22.0 Å². The number of nitrogens with zero attached hydrogens (tertiary/aromatic N) is 2. The van der Waals surface area contributed by atoms with Gasteiger partial charge in [-0.2, -0.15) is 5.10 Å². The van der Waals surface area contributed by atoms with Gasteiger partial charge in [0.15, 0.2) is 11.5 Å². The Bertz CT molecular complexity index is 733. The molecular formula is C11H6Br2Cl2N4O2. The smallest absolute Gasteiger partial charge is 0.380 e. The topological polar surface area (TPSA) is 93.4 Å². The summed E-state index contributed by atoms with van der Waals surface area (Å²) < 4.78 is 0.929. The fourth-order valence-electron chi connectivity index (χ4n) is 1.32. The molecule has 0 fully saturated rings. The Labute approximate surface area is 145 Å². The van der Waals surface area contributed by atoms with E-state index in [4.69, 9.17) is 33.8 Å². The summed E-state index contributed by atoms with van der Waals surface area (Å²) in [6.45, 7) is 0. The van der Waals surface area contributed by atoms with Crippen molar-refractivity contribution < 1.29 is 9.63 Å². The van der Waals surface area contributed by atoms with Crippen LogP contribution < -0.4 is 5.73 Å². The Hall–Kier alpha value is -1.09. The van der Waals surface area contributed by atoms with E-state index in [1.165, 1.54) is 6.07 Å². The van der Waals surface area contributed by atoms with Gasteiger partial charge in [-0.1, -0.05) is 28.4 Å². The highest BCUT2D eigenvalue weighted by molar-refractivity contribution is 9.13. The minimum Gasteiger partial charge on any atom is -0.380 e. The highest BCUT2D eigenvalue weighted by atomic mass is 79.9. The normalized spacial score (nSPS) is 11.5. The number of hydrogen-bond donors (Lipinski definition) is 2. The third-order valence-corrected chi connectivity index (χ3v) is 4.72. The van der Waals surface area contributed by atoms with Crippen LogP contribution in [0.3, 0.4) is 0 Å². The molecule has 2 rings (SSSR count). The van der Waals surface area contributed by atoms with Crippen LogP contribution in [0.25, 0.3) is 0 Å². The SMILES string of the molecule is N/C(=N\OC(=O)c1n[nH]c(Br)c1Br)c1ccc(Cl)cc1Cl. The number of oxime groups is 1. The van der Waals surface area contributed by atoms with E-state index in [0.29, 0.717) is 24.7 Å². The van der Waals surface area contributed by atoms with E-state index in [9.17, 15) is 4.79 Å². The zero-order chi connectivity index (χ0) is 15.6. The van der Waals surface area contributed by atoms with Crippen LogP contribution in [0.15, 0.2) is 32.4 Å². The number of nitrogens with two attached hydrogens (primary N) is 1. The van der Waals surface area contributed by atoms with Crippen LogP contribution >= 0.6 is 55.1 Å². The Morgan fingerprint density at radius 2 is 2.10 bits per heavy atom. The molecule has 1 aromatic carbocycles. The van der Waals surface area contributed by atoms with Gasteiger partial charge in [0.2, 0.25) is 0 Å². The molecular weight excluding hydrogens is 451 g/mol. The van der Waals surface area contributed by atoms with Crippen molar-refractivity contribution >= 4 is 66.9 Å². The Kier molecular flexibility index (Phi) is 5.26. The van der Waals surface area contributed by atoms with E-state index in [0.717, 1.165) is 0 Å². The van der Waals surface area contributed by atoms with Gasteiger partial charge in [0.1, 0.15) is 4.60 Å². The van der Waals surface area contributed by atoms with Gasteiger partial charge in [-0.05, 0) is 50.1 Å². The Balaban J connectivity index is 2.17. The summed E-state index contributed by atoms with van der Waals surface area (Å²) >= 11 is 18.1. The van der Waals surface area contributed by atoms with Crippen LogP contribution in [0, 0.1) is 0 Å². The molecule has 10 heteroatoms. The first-order valence-corrected chi connectivity index (χ1v) is 7.64. The summed E-state index contributed by atoms with van der Waals surface area (Å²) in [6.07, 6.45) is 0. The lowest BCUT2D eigenvalue weighted by molar-refractivity contribution is 0.0508. The molecule has 0 spiro atoms. The third-order valence-electron chi connectivity index (χ3n) is 2.29. The fourth-order valence-corrected chi connectivity index (χ4v) is 2.44. The number of halogens is 4. The maximum atomic E-state index is 11.8. The van der Waals surface area contributed by atoms with E-state index >= 15 is 0 Å². The second-order valence-electron chi connectivity index (χ2n) is 3.68. The van der Waals surface area contributed by atoms with Crippen molar-refractivity contribution in [1.29, 1.82) is 0 Å². The van der Waals surface area contributed by atoms with Gasteiger partial charge >= 0.3 is 5.97 Å². The number of carbonyl (C=O) groups excluding carboxylic acids is 1. The van der Waals surface area contributed by atoms with Gasteiger partial charge in [0.05, 0.1) is 9.50 Å². The number of carbonyl (C=O) groups is 1. The van der Waals surface area contributed by atoms with E-state index in [2.05, 4.69) is 47.2 Å². The number of amidine groups is 1. The van der Waals surface area contributed by atoms with E-state index < -0.39 is 5.97 Å². The number of hydrogen-bond acceptors (Lipinski definition) is 4. The average molecular weight is 457 g/mol. The largest absolute Gasteiger partial charge is 0.387 e. The maximum absolute atomic E-state index is 11.8. The van der Waals surface area contributed by atoms with Gasteiger partial charge in [-0.3, -0.25) is 5.10 Å². The summed E-state index contributed by atoms with van der Waals surface area (Å²) in [6, 6.07) is 4.66. The maximum Gasteiger partial charge on any atom is 0.387 e. The molecule has 0 unspecified atom stereocenters. The molecule has 0 saturated heterocycles. The van der Waals surface area contributed by atoms with Crippen LogP contribution in [0.2, 0.25) is 10.0 Å². The number of rotatable bonds is 3. The summed E-state index contributed by atoms with van der Waals surface area (Å²) in [7, 11) is 0. The second kappa shape index (κ2) is 6.78. The standard InChI is InChI=1S/C11H6Br2Cl2N4O2/c12-7-8(17-18-9(7)13)11(20)21-19-10(16)5-2-1-4(14)3-6(5)15/h1-3H,(H2,16,19)(H,17,18). The minimum absolute atomic E-state index is 0.0284. The lowest BCUT2D eigenvalue weighted by Crippen LogP contribution is -2.16. The number of benzene rings is 1. The second-order valence-corrected chi connectivity index (χ2v) is 6.11. The third kappa shape index (κ3) is 3.76. The van der Waals surface area contributed by atoms with Crippen molar-refractivity contribution in [2.24, 2.45) is 10.9 Å². The van der Waals surface area contributed by atoms with Gasteiger partial charge in [-0.25, -0.2) is 4.79 Å². The van der Waals surface area contributed by atoms with E-state index in [1.54, 1.807) is 12.1 Å². The minimum atomic E-state index is -0.781. The molecule has 0 atom stereocenters. The van der Waals surface area contributed by atoms with Crippen molar-refractivity contribution in [3.8, 4) is 0 Å². The first kappa shape index (κ1) is 16.3. The van der Waals surface area contributed by atoms with Crippen molar-refractivity contribution in [1.82, 2.24) is 10.2 Å². The monoisotopic (exact) mass is 454 g/mol. The first-order valence-electron chi connectivity index (χ1n) is 5.29. The number of H-pyrrole nitrogens is 1. The molecule has 0 bridgehead atoms. The lowest BCUT2D eigenvalue weighted by atomic mass is 10.2. The first-order chi connectivity index (χ1) is 9.90. The van der Waals surface area contributed by atoms with Crippen LogP contribution in [0.4, 0.5) is 0 Å². The molecule has 1 aromatic heterocycles. The summed E-state index contributed by atoms with van der Waals surface area (Å²) in [5, 5.41) is 10.6. The van der Waals surface area contributed by atoms with Crippen LogP contribution in [0.1, 0.15) is 16.1 Å². The summed E-state index contributed by atoms with van der Waals surface area (Å²) in [4.78, 5) is 16.5. The molecule has 110 valence electrons. The van der Waals surface area contributed by atoms with Crippen molar-refractivity contribution in [2.45, 2.75) is 0 Å². The van der Waals surface area contributed by atoms with Crippen molar-refractivity contribution in [3.05, 3.63) is 48.6 Å². The Morgan fingerprint density at radius 1 is 1.38 bits per heavy atom. The molecule has 1 heterocycles. The van der Waals surface area contributed by atoms with Gasteiger partial charge < -0.3 is 10.6 Å². The number of aromatic nitrogens is 2.